The van der Waals surface area contributed by atoms with Gasteiger partial charge in [0.1, 0.15) is 5.78 Å². The monoisotopic (exact) mass is 484 g/mol. The Morgan fingerprint density at radius 3 is 2.28 bits per heavy atom. The summed E-state index contributed by atoms with van der Waals surface area (Å²) in [5, 5.41) is 0. The van der Waals surface area contributed by atoms with Crippen LogP contribution in [0, 0.1) is 17.8 Å². The average molecular weight is 485 g/mol. The van der Waals surface area contributed by atoms with Gasteiger partial charge in [0.15, 0.2) is 0 Å². The van der Waals surface area contributed by atoms with Crippen LogP contribution in [0.4, 0.5) is 0 Å². The summed E-state index contributed by atoms with van der Waals surface area (Å²) in [7, 11) is 0. The fourth-order valence-electron chi connectivity index (χ4n) is 6.99. The highest BCUT2D eigenvalue weighted by molar-refractivity contribution is 5.81. The Labute approximate surface area is 220 Å². The summed E-state index contributed by atoms with van der Waals surface area (Å²) < 4.78 is 0. The number of Topliss-reactive ketones (excluding diaryl/α,β-unsaturated/α-hetero) is 1. The first-order chi connectivity index (χ1) is 17.7. The molecule has 1 heteroatoms. The van der Waals surface area contributed by atoms with E-state index in [1.165, 1.54) is 79.2 Å². The van der Waals surface area contributed by atoms with Gasteiger partial charge in [-0.3, -0.25) is 4.79 Å². The lowest BCUT2D eigenvalue weighted by molar-refractivity contribution is -0.125. The van der Waals surface area contributed by atoms with Gasteiger partial charge in [0, 0.05) is 18.3 Å². The van der Waals surface area contributed by atoms with Crippen LogP contribution in [0.1, 0.15) is 120 Å². The van der Waals surface area contributed by atoms with Crippen molar-refractivity contribution < 1.29 is 4.79 Å². The van der Waals surface area contributed by atoms with Gasteiger partial charge in [-0.25, -0.2) is 0 Å². The lowest BCUT2D eigenvalue weighted by Gasteiger charge is -2.29. The van der Waals surface area contributed by atoms with Crippen molar-refractivity contribution in [2.75, 3.05) is 0 Å². The number of fused-ring (bicyclic) bond motifs is 1. The first-order valence-electron chi connectivity index (χ1n) is 15.1. The van der Waals surface area contributed by atoms with E-state index < -0.39 is 0 Å². The molecule has 0 saturated heterocycles. The minimum atomic E-state index is 0.346. The SMILES string of the molecule is CC.CC1C(c2cccc(CC3CCC(C(=O)CC4CCCCCC4)CC3)c2)=CCc2ccccc21. The summed E-state index contributed by atoms with van der Waals surface area (Å²) in [6.45, 7) is 6.35. The fourth-order valence-corrected chi connectivity index (χ4v) is 6.99. The molecule has 0 aromatic heterocycles. The molecule has 36 heavy (non-hydrogen) atoms. The highest BCUT2D eigenvalue weighted by Gasteiger charge is 2.28. The van der Waals surface area contributed by atoms with Gasteiger partial charge in [0.05, 0.1) is 0 Å². The van der Waals surface area contributed by atoms with Crippen molar-refractivity contribution in [1.82, 2.24) is 0 Å². The normalized spacial score (nSPS) is 24.5. The number of carbonyl (C=O) groups excluding carboxylic acids is 1. The van der Waals surface area contributed by atoms with Gasteiger partial charge in [-0.2, -0.15) is 0 Å². The third-order valence-electron chi connectivity index (χ3n) is 9.08. The number of benzene rings is 2. The van der Waals surface area contributed by atoms with Crippen LogP contribution in [0.3, 0.4) is 0 Å². The van der Waals surface area contributed by atoms with Gasteiger partial charge >= 0.3 is 0 Å². The van der Waals surface area contributed by atoms with Crippen molar-refractivity contribution >= 4 is 11.4 Å². The summed E-state index contributed by atoms with van der Waals surface area (Å²) in [4.78, 5) is 13.0. The summed E-state index contributed by atoms with van der Waals surface area (Å²) in [5.41, 5.74) is 7.30. The third-order valence-corrected chi connectivity index (χ3v) is 9.08. The predicted octanol–water partition coefficient (Wildman–Crippen LogP) is 9.73. The Morgan fingerprint density at radius 1 is 0.806 bits per heavy atom. The van der Waals surface area contributed by atoms with Gasteiger partial charge in [0.25, 0.3) is 0 Å². The van der Waals surface area contributed by atoms with Crippen molar-refractivity contribution in [3.63, 3.8) is 0 Å². The van der Waals surface area contributed by atoms with E-state index in [1.54, 1.807) is 0 Å². The van der Waals surface area contributed by atoms with Crippen molar-refractivity contribution in [3.05, 3.63) is 76.9 Å². The second kappa shape index (κ2) is 13.4. The number of allylic oxidation sites excluding steroid dienone is 2. The van der Waals surface area contributed by atoms with E-state index >= 15 is 0 Å². The molecule has 1 nitrogen and oxygen atoms in total. The van der Waals surface area contributed by atoms with Crippen LogP contribution in [0.15, 0.2) is 54.6 Å². The maximum Gasteiger partial charge on any atom is 0.136 e. The standard InChI is InChI=1S/C33H42O.C2H6/c1-24-31-14-7-6-12-28(31)19-20-32(24)30-13-8-11-27(22-30)21-26-15-17-29(18-16-26)33(34)23-25-9-4-2-3-5-10-25;1-2/h6-8,11-14,20,22,24-26,29H,2-5,9-10,15-19,21,23H2,1H3;1-2H3. The number of carbonyl (C=O) groups is 1. The molecule has 1 atom stereocenters. The van der Waals surface area contributed by atoms with Gasteiger partial charge in [-0.15, -0.1) is 0 Å². The molecule has 0 aliphatic heterocycles. The molecule has 2 saturated carbocycles. The Hall–Kier alpha value is -2.15. The van der Waals surface area contributed by atoms with E-state index in [9.17, 15) is 4.79 Å². The molecule has 0 radical (unpaired) electrons. The van der Waals surface area contributed by atoms with E-state index in [2.05, 4.69) is 61.5 Å². The summed E-state index contributed by atoms with van der Waals surface area (Å²) in [5.74, 6) is 2.80. The van der Waals surface area contributed by atoms with Crippen LogP contribution in [0.2, 0.25) is 0 Å². The molecule has 0 N–H and O–H groups in total. The molecule has 2 aromatic carbocycles. The Balaban J connectivity index is 0.00000148. The topological polar surface area (TPSA) is 17.1 Å². The molecular weight excluding hydrogens is 436 g/mol. The molecule has 0 bridgehead atoms. The number of ketones is 1. The molecule has 1 unspecified atom stereocenters. The highest BCUT2D eigenvalue weighted by atomic mass is 16.1. The minimum absolute atomic E-state index is 0.346. The zero-order valence-electron chi connectivity index (χ0n) is 23.1. The van der Waals surface area contributed by atoms with Crippen LogP contribution in [0.5, 0.6) is 0 Å². The van der Waals surface area contributed by atoms with Gasteiger partial charge < -0.3 is 0 Å². The van der Waals surface area contributed by atoms with Gasteiger partial charge in [0.2, 0.25) is 0 Å². The Bertz CT molecular complexity index is 999. The molecule has 0 heterocycles. The molecule has 3 aliphatic carbocycles. The largest absolute Gasteiger partial charge is 0.299 e. The van der Waals surface area contributed by atoms with Crippen LogP contribution < -0.4 is 0 Å². The molecule has 194 valence electrons. The molecule has 3 aliphatic rings. The quantitative estimate of drug-likeness (QED) is 0.373. The molecule has 0 spiro atoms. The molecule has 2 aromatic rings. The fraction of sp³-hybridized carbons (Fsp3) is 0.571. The predicted molar refractivity (Wildman–Crippen MR) is 154 cm³/mol. The zero-order valence-corrected chi connectivity index (χ0v) is 23.1. The zero-order chi connectivity index (χ0) is 25.3. The van der Waals surface area contributed by atoms with E-state index in [-0.39, 0.29) is 0 Å². The maximum absolute atomic E-state index is 13.0. The number of hydrogen-bond donors (Lipinski definition) is 0. The molecule has 5 rings (SSSR count). The maximum atomic E-state index is 13.0. The van der Waals surface area contributed by atoms with E-state index in [1.807, 2.05) is 13.8 Å². The van der Waals surface area contributed by atoms with Crippen molar-refractivity contribution in [3.8, 4) is 0 Å². The van der Waals surface area contributed by atoms with E-state index in [4.69, 9.17) is 0 Å². The lowest BCUT2D eigenvalue weighted by atomic mass is 9.75. The van der Waals surface area contributed by atoms with Crippen molar-refractivity contribution in [2.24, 2.45) is 17.8 Å². The molecule has 0 amide bonds. The second-order valence-corrected chi connectivity index (χ2v) is 11.4. The minimum Gasteiger partial charge on any atom is -0.299 e. The first kappa shape index (κ1) is 26.9. The summed E-state index contributed by atoms with van der Waals surface area (Å²) >= 11 is 0. The second-order valence-electron chi connectivity index (χ2n) is 11.4. The Kier molecular flexibility index (Phi) is 10.0. The number of hydrogen-bond acceptors (Lipinski definition) is 1. The van der Waals surface area contributed by atoms with Crippen molar-refractivity contribution in [2.45, 2.75) is 110 Å². The highest BCUT2D eigenvalue weighted by Crippen LogP contribution is 2.39. The first-order valence-corrected chi connectivity index (χ1v) is 15.1. The smallest absolute Gasteiger partial charge is 0.136 e. The van der Waals surface area contributed by atoms with Gasteiger partial charge in [-0.05, 0) is 78.2 Å². The van der Waals surface area contributed by atoms with E-state index in [0.29, 0.717) is 23.5 Å². The van der Waals surface area contributed by atoms with Crippen LogP contribution in [-0.4, -0.2) is 5.78 Å². The Morgan fingerprint density at radius 2 is 1.53 bits per heavy atom. The van der Waals surface area contributed by atoms with Gasteiger partial charge in [-0.1, -0.05) is 114 Å². The molecule has 2 fully saturated rings. The lowest BCUT2D eigenvalue weighted by Crippen LogP contribution is -2.24. The summed E-state index contributed by atoms with van der Waals surface area (Å²) in [6.07, 6.45) is 18.2. The molecular formula is C35H48O. The van der Waals surface area contributed by atoms with Crippen LogP contribution >= 0.6 is 0 Å². The number of rotatable bonds is 6. The van der Waals surface area contributed by atoms with E-state index in [0.717, 1.165) is 38.0 Å². The summed E-state index contributed by atoms with van der Waals surface area (Å²) in [6, 6.07) is 18.2. The average Bonchev–Trinajstić information content (AvgIpc) is 3.19. The third kappa shape index (κ3) is 6.78. The van der Waals surface area contributed by atoms with Crippen molar-refractivity contribution in [1.29, 1.82) is 0 Å². The van der Waals surface area contributed by atoms with Crippen LogP contribution in [-0.2, 0) is 17.6 Å². The van der Waals surface area contributed by atoms with Crippen LogP contribution in [0.25, 0.3) is 5.57 Å².